The highest BCUT2D eigenvalue weighted by molar-refractivity contribution is 5.85. The first-order valence-electron chi connectivity index (χ1n) is 8.28. The van der Waals surface area contributed by atoms with Crippen molar-refractivity contribution in [1.29, 1.82) is 0 Å². The molecule has 132 valence electrons. The summed E-state index contributed by atoms with van der Waals surface area (Å²) in [6.07, 6.45) is 1.41. The maximum Gasteiger partial charge on any atom is 0.412 e. The number of benzene rings is 1. The summed E-state index contributed by atoms with van der Waals surface area (Å²) in [6, 6.07) is 7.58. The number of anilines is 1. The van der Waals surface area contributed by atoms with Crippen molar-refractivity contribution in [2.45, 2.75) is 51.7 Å². The van der Waals surface area contributed by atoms with Gasteiger partial charge in [-0.1, -0.05) is 12.1 Å². The van der Waals surface area contributed by atoms with Crippen LogP contribution < -0.4 is 10.6 Å². The zero-order valence-electron chi connectivity index (χ0n) is 14.6. The fraction of sp³-hybridized carbons (Fsp3) is 0.556. The lowest BCUT2D eigenvalue weighted by atomic mass is 10.1. The van der Waals surface area contributed by atoms with Gasteiger partial charge < -0.3 is 14.8 Å². The highest BCUT2D eigenvalue weighted by Crippen LogP contribution is 2.15. The molecular weight excluding hydrogens is 308 g/mol. The first-order valence-corrected chi connectivity index (χ1v) is 8.28. The molecule has 2 amide bonds. The number of hydrogen-bond acceptors (Lipinski definition) is 4. The molecule has 0 unspecified atom stereocenters. The summed E-state index contributed by atoms with van der Waals surface area (Å²) in [6.45, 7) is 6.76. The van der Waals surface area contributed by atoms with E-state index in [1.807, 2.05) is 39.0 Å². The first-order chi connectivity index (χ1) is 11.3. The summed E-state index contributed by atoms with van der Waals surface area (Å²) >= 11 is 0. The molecule has 6 nitrogen and oxygen atoms in total. The molecule has 1 aromatic carbocycles. The smallest absolute Gasteiger partial charge is 0.412 e. The number of ether oxygens (including phenoxy) is 2. The van der Waals surface area contributed by atoms with Gasteiger partial charge in [0.05, 0.1) is 12.6 Å². The van der Waals surface area contributed by atoms with Gasteiger partial charge in [-0.15, -0.1) is 0 Å². The first kappa shape index (κ1) is 18.3. The highest BCUT2D eigenvalue weighted by atomic mass is 16.6. The molecule has 0 saturated carbocycles. The third-order valence-electron chi connectivity index (χ3n) is 3.51. The molecule has 0 aliphatic carbocycles. The molecule has 1 aromatic rings. The summed E-state index contributed by atoms with van der Waals surface area (Å²) < 4.78 is 10.5. The fourth-order valence-corrected chi connectivity index (χ4v) is 2.43. The molecule has 6 heteroatoms. The summed E-state index contributed by atoms with van der Waals surface area (Å²) in [5.74, 6) is 0.0241. The van der Waals surface area contributed by atoms with Gasteiger partial charge >= 0.3 is 6.09 Å². The lowest BCUT2D eigenvalue weighted by molar-refractivity contribution is -0.121. The van der Waals surface area contributed by atoms with Gasteiger partial charge in [0, 0.05) is 18.7 Å². The van der Waals surface area contributed by atoms with Gasteiger partial charge in [-0.3, -0.25) is 10.1 Å². The topological polar surface area (TPSA) is 76.7 Å². The third kappa shape index (κ3) is 6.58. The summed E-state index contributed by atoms with van der Waals surface area (Å²) in [5, 5.41) is 5.68. The number of carbonyl (C=O) groups excluding carboxylic acids is 2. The highest BCUT2D eigenvalue weighted by Gasteiger charge is 2.18. The van der Waals surface area contributed by atoms with E-state index in [-0.39, 0.29) is 11.9 Å². The Kier molecular flexibility index (Phi) is 6.20. The van der Waals surface area contributed by atoms with Gasteiger partial charge in [-0.25, -0.2) is 4.79 Å². The van der Waals surface area contributed by atoms with Crippen LogP contribution in [-0.2, 0) is 20.7 Å². The number of carbonyl (C=O) groups is 2. The lowest BCUT2D eigenvalue weighted by Crippen LogP contribution is -2.35. The number of hydrogen-bond donors (Lipinski definition) is 2. The second-order valence-corrected chi connectivity index (χ2v) is 6.96. The Morgan fingerprint density at radius 1 is 1.33 bits per heavy atom. The van der Waals surface area contributed by atoms with Crippen molar-refractivity contribution in [2.75, 3.05) is 18.5 Å². The van der Waals surface area contributed by atoms with E-state index in [9.17, 15) is 9.59 Å². The van der Waals surface area contributed by atoms with Crippen LogP contribution in [0.4, 0.5) is 10.5 Å². The number of nitrogens with one attached hydrogen (secondary N) is 2. The van der Waals surface area contributed by atoms with Crippen LogP contribution in [0.2, 0.25) is 0 Å². The predicted octanol–water partition coefficient (Wildman–Crippen LogP) is 2.87. The average molecular weight is 334 g/mol. The minimum atomic E-state index is -0.538. The Morgan fingerprint density at radius 2 is 2.12 bits per heavy atom. The van der Waals surface area contributed by atoms with Crippen LogP contribution in [0.15, 0.2) is 24.3 Å². The van der Waals surface area contributed by atoms with Gasteiger partial charge in [0.2, 0.25) is 5.91 Å². The molecule has 0 aromatic heterocycles. The average Bonchev–Trinajstić information content (AvgIpc) is 2.96. The Morgan fingerprint density at radius 3 is 2.79 bits per heavy atom. The minimum absolute atomic E-state index is 0.0241. The molecular formula is C18H26N2O4. The van der Waals surface area contributed by atoms with Gasteiger partial charge in [0.15, 0.2) is 0 Å². The monoisotopic (exact) mass is 334 g/mol. The molecule has 0 radical (unpaired) electrons. The zero-order valence-corrected chi connectivity index (χ0v) is 14.6. The molecule has 1 fully saturated rings. The van der Waals surface area contributed by atoms with Crippen LogP contribution in [0.25, 0.3) is 0 Å². The van der Waals surface area contributed by atoms with E-state index in [4.69, 9.17) is 9.47 Å². The standard InChI is InChI=1S/C18H26N2O4/c1-18(2,3)24-17(22)20-14-6-4-5-13(11-14)7-8-16(21)19-15-9-10-23-12-15/h4-6,11,15H,7-10,12H2,1-3H3,(H,19,21)(H,20,22)/t15-/m0/s1. The van der Waals surface area contributed by atoms with Crippen LogP contribution in [0.5, 0.6) is 0 Å². The van der Waals surface area contributed by atoms with Crippen LogP contribution in [0.3, 0.4) is 0 Å². The van der Waals surface area contributed by atoms with Crippen molar-refractivity contribution in [3.63, 3.8) is 0 Å². The summed E-state index contributed by atoms with van der Waals surface area (Å²) in [7, 11) is 0. The molecule has 2 rings (SSSR count). The molecule has 1 saturated heterocycles. The van der Waals surface area contributed by atoms with Gasteiger partial charge in [0.1, 0.15) is 5.60 Å². The maximum atomic E-state index is 11.9. The summed E-state index contributed by atoms with van der Waals surface area (Å²) in [4.78, 5) is 23.7. The van der Waals surface area contributed by atoms with Crippen LogP contribution in [-0.4, -0.2) is 36.9 Å². The van der Waals surface area contributed by atoms with Gasteiger partial charge in [-0.05, 0) is 51.3 Å². The van der Waals surface area contributed by atoms with Gasteiger partial charge in [0.25, 0.3) is 0 Å². The Hall–Kier alpha value is -2.08. The van der Waals surface area contributed by atoms with Crippen molar-refractivity contribution in [1.82, 2.24) is 5.32 Å². The van der Waals surface area contributed by atoms with Crippen LogP contribution >= 0.6 is 0 Å². The lowest BCUT2D eigenvalue weighted by Gasteiger charge is -2.19. The van der Waals surface area contributed by atoms with Gasteiger partial charge in [-0.2, -0.15) is 0 Å². The quantitative estimate of drug-likeness (QED) is 0.868. The Labute approximate surface area is 142 Å². The van der Waals surface area contributed by atoms with Crippen molar-refractivity contribution in [2.24, 2.45) is 0 Å². The van der Waals surface area contributed by atoms with Crippen molar-refractivity contribution in [3.8, 4) is 0 Å². The summed E-state index contributed by atoms with van der Waals surface area (Å²) in [5.41, 5.74) is 1.11. The van der Waals surface area contributed by atoms with E-state index in [1.54, 1.807) is 6.07 Å². The minimum Gasteiger partial charge on any atom is -0.444 e. The van der Waals surface area contributed by atoms with Crippen LogP contribution in [0, 0.1) is 0 Å². The number of aryl methyl sites for hydroxylation is 1. The number of rotatable bonds is 5. The van der Waals surface area contributed by atoms with Crippen molar-refractivity contribution < 1.29 is 19.1 Å². The fourth-order valence-electron chi connectivity index (χ4n) is 2.43. The van der Waals surface area contributed by atoms with E-state index >= 15 is 0 Å². The SMILES string of the molecule is CC(C)(C)OC(=O)Nc1cccc(CCC(=O)N[C@H]2CCOC2)c1. The van der Waals surface area contributed by atoms with Crippen molar-refractivity contribution in [3.05, 3.63) is 29.8 Å². The molecule has 1 heterocycles. The number of amides is 2. The maximum absolute atomic E-state index is 11.9. The molecule has 2 N–H and O–H groups in total. The Balaban J connectivity index is 1.81. The van der Waals surface area contributed by atoms with E-state index in [0.717, 1.165) is 12.0 Å². The molecule has 1 atom stereocenters. The van der Waals surface area contributed by atoms with Crippen LogP contribution in [0.1, 0.15) is 39.2 Å². The van der Waals surface area contributed by atoms with E-state index in [1.165, 1.54) is 0 Å². The van der Waals surface area contributed by atoms with E-state index in [0.29, 0.717) is 31.7 Å². The Bertz CT molecular complexity index is 575. The normalized spacial score (nSPS) is 17.4. The molecule has 24 heavy (non-hydrogen) atoms. The molecule has 1 aliphatic heterocycles. The predicted molar refractivity (Wildman–Crippen MR) is 92.0 cm³/mol. The molecule has 0 spiro atoms. The van der Waals surface area contributed by atoms with E-state index < -0.39 is 11.7 Å². The second-order valence-electron chi connectivity index (χ2n) is 6.96. The zero-order chi connectivity index (χ0) is 17.6. The molecule has 1 aliphatic rings. The third-order valence-corrected chi connectivity index (χ3v) is 3.51. The largest absolute Gasteiger partial charge is 0.444 e. The van der Waals surface area contributed by atoms with E-state index in [2.05, 4.69) is 10.6 Å². The second kappa shape index (κ2) is 8.15. The van der Waals surface area contributed by atoms with Crippen molar-refractivity contribution >= 4 is 17.7 Å². The molecule has 0 bridgehead atoms.